The molecule has 2 rings (SSSR count). The Bertz CT molecular complexity index is 171. The first-order chi connectivity index (χ1) is 4.92. The molecular formula is C6H6Cl4O. The lowest BCUT2D eigenvalue weighted by Crippen LogP contribution is -2.08. The van der Waals surface area contributed by atoms with Crippen LogP contribution in [0.2, 0.25) is 0 Å². The minimum absolute atomic E-state index is 0.0739. The molecule has 2 aliphatic rings. The van der Waals surface area contributed by atoms with Crippen LogP contribution in [0.15, 0.2) is 0 Å². The fourth-order valence-corrected chi connectivity index (χ4v) is 1.64. The zero-order valence-electron chi connectivity index (χ0n) is 5.49. The Morgan fingerprint density at radius 1 is 0.909 bits per heavy atom. The monoisotopic (exact) mass is 234 g/mol. The van der Waals surface area contributed by atoms with Crippen LogP contribution in [0.25, 0.3) is 0 Å². The van der Waals surface area contributed by atoms with Crippen LogP contribution in [0, 0.1) is 0 Å². The van der Waals surface area contributed by atoms with Crippen LogP contribution in [0.3, 0.4) is 0 Å². The van der Waals surface area contributed by atoms with Gasteiger partial charge in [0.05, 0.1) is 12.2 Å². The molecule has 1 nitrogen and oxygen atoms in total. The molecule has 11 heavy (non-hydrogen) atoms. The maximum absolute atomic E-state index is 5.73. The molecule has 0 aliphatic heterocycles. The summed E-state index contributed by atoms with van der Waals surface area (Å²) in [6.45, 7) is 0. The third-order valence-electron chi connectivity index (χ3n) is 1.87. The van der Waals surface area contributed by atoms with Crippen LogP contribution in [0.4, 0.5) is 0 Å². The molecule has 2 atom stereocenters. The van der Waals surface area contributed by atoms with E-state index < -0.39 is 8.67 Å². The van der Waals surface area contributed by atoms with E-state index in [4.69, 9.17) is 51.1 Å². The molecule has 0 spiro atoms. The van der Waals surface area contributed by atoms with Gasteiger partial charge in [-0.25, -0.2) is 0 Å². The number of hydrogen-bond acceptors (Lipinski definition) is 1. The minimum Gasteiger partial charge on any atom is -0.369 e. The second-order valence-corrected chi connectivity index (χ2v) is 6.13. The van der Waals surface area contributed by atoms with Crippen molar-refractivity contribution in [1.29, 1.82) is 0 Å². The molecule has 2 saturated carbocycles. The van der Waals surface area contributed by atoms with Crippen molar-refractivity contribution in [3.63, 3.8) is 0 Å². The molecule has 0 amide bonds. The lowest BCUT2D eigenvalue weighted by molar-refractivity contribution is 0.101. The van der Waals surface area contributed by atoms with Crippen molar-refractivity contribution >= 4 is 46.4 Å². The van der Waals surface area contributed by atoms with Crippen LogP contribution >= 0.6 is 46.4 Å². The summed E-state index contributed by atoms with van der Waals surface area (Å²) in [7, 11) is 0. The maximum atomic E-state index is 5.73. The van der Waals surface area contributed by atoms with Crippen molar-refractivity contribution in [1.82, 2.24) is 0 Å². The summed E-state index contributed by atoms with van der Waals surface area (Å²) in [4.78, 5) is 0. The Hall–Kier alpha value is 1.12. The maximum Gasteiger partial charge on any atom is 0.146 e. The highest BCUT2D eigenvalue weighted by Crippen LogP contribution is 2.56. The first-order valence-electron chi connectivity index (χ1n) is 3.33. The van der Waals surface area contributed by atoms with Crippen LogP contribution in [0.1, 0.15) is 12.8 Å². The van der Waals surface area contributed by atoms with Crippen LogP contribution in [0.5, 0.6) is 0 Å². The first kappa shape index (κ1) is 8.71. The highest BCUT2D eigenvalue weighted by molar-refractivity contribution is 6.52. The van der Waals surface area contributed by atoms with Crippen LogP contribution in [-0.2, 0) is 4.74 Å². The largest absolute Gasteiger partial charge is 0.369 e. The van der Waals surface area contributed by atoms with Crippen molar-refractivity contribution in [2.75, 3.05) is 0 Å². The minimum atomic E-state index is -0.688. The van der Waals surface area contributed by atoms with Gasteiger partial charge in [-0.1, -0.05) is 46.4 Å². The van der Waals surface area contributed by atoms with Gasteiger partial charge in [0, 0.05) is 12.8 Å². The van der Waals surface area contributed by atoms with E-state index in [1.165, 1.54) is 0 Å². The van der Waals surface area contributed by atoms with Gasteiger partial charge in [0.2, 0.25) is 0 Å². The van der Waals surface area contributed by atoms with Crippen molar-refractivity contribution in [3.05, 3.63) is 0 Å². The van der Waals surface area contributed by atoms with Crippen molar-refractivity contribution in [3.8, 4) is 0 Å². The second kappa shape index (κ2) is 2.33. The Labute approximate surface area is 84.9 Å². The summed E-state index contributed by atoms with van der Waals surface area (Å²) in [5.41, 5.74) is 0. The lowest BCUT2D eigenvalue weighted by Gasteiger charge is -2.02. The van der Waals surface area contributed by atoms with Crippen LogP contribution < -0.4 is 0 Å². The van der Waals surface area contributed by atoms with Crippen molar-refractivity contribution in [2.24, 2.45) is 0 Å². The molecule has 0 radical (unpaired) electrons. The molecule has 0 saturated heterocycles. The highest BCUT2D eigenvalue weighted by atomic mass is 35.5. The molecule has 0 N–H and O–H groups in total. The van der Waals surface area contributed by atoms with E-state index in [-0.39, 0.29) is 12.2 Å². The Balaban J connectivity index is 1.79. The van der Waals surface area contributed by atoms with Gasteiger partial charge in [0.15, 0.2) is 0 Å². The molecule has 5 heteroatoms. The summed E-state index contributed by atoms with van der Waals surface area (Å²) < 4.78 is 4.00. The quantitative estimate of drug-likeness (QED) is 0.669. The number of alkyl halides is 4. The third-order valence-corrected chi connectivity index (χ3v) is 3.46. The number of ether oxygens (including phenoxy) is 1. The molecule has 0 unspecified atom stereocenters. The summed E-state index contributed by atoms with van der Waals surface area (Å²) in [6.07, 6.45) is 1.21. The highest BCUT2D eigenvalue weighted by Gasteiger charge is 2.61. The SMILES string of the molecule is ClC1(Cl)C[C@@H]1O[C@@H]1CC1(Cl)Cl. The molecule has 0 aromatic rings. The average Bonchev–Trinajstić information content (AvgIpc) is 2.54. The summed E-state index contributed by atoms with van der Waals surface area (Å²) in [5, 5.41) is 0. The van der Waals surface area contributed by atoms with Gasteiger partial charge in [-0.15, -0.1) is 0 Å². The normalized spacial score (nSPS) is 43.6. The van der Waals surface area contributed by atoms with Gasteiger partial charge in [-0.2, -0.15) is 0 Å². The third kappa shape index (κ3) is 1.73. The molecule has 2 aliphatic carbocycles. The molecule has 0 bridgehead atoms. The van der Waals surface area contributed by atoms with Gasteiger partial charge >= 0.3 is 0 Å². The molecule has 0 aromatic heterocycles. The standard InChI is InChI=1S/C6H6Cl4O/c7-5(8)1-3(5)11-4-2-6(4,9)10/h3-4H,1-2H2/t3-,4+. The fraction of sp³-hybridized carbons (Fsp3) is 1.00. The zero-order chi connectivity index (χ0) is 8.28. The molecule has 0 heterocycles. The van der Waals surface area contributed by atoms with Crippen molar-refractivity contribution in [2.45, 2.75) is 33.7 Å². The number of halogens is 4. The van der Waals surface area contributed by atoms with E-state index in [0.717, 1.165) is 0 Å². The van der Waals surface area contributed by atoms with E-state index in [0.29, 0.717) is 12.8 Å². The van der Waals surface area contributed by atoms with E-state index in [9.17, 15) is 0 Å². The number of hydrogen-bond donors (Lipinski definition) is 0. The topological polar surface area (TPSA) is 9.23 Å². The Morgan fingerprint density at radius 2 is 1.18 bits per heavy atom. The van der Waals surface area contributed by atoms with E-state index in [2.05, 4.69) is 0 Å². The van der Waals surface area contributed by atoms with Crippen LogP contribution in [-0.4, -0.2) is 20.9 Å². The Kier molecular flexibility index (Phi) is 1.84. The molecule has 0 aromatic carbocycles. The smallest absolute Gasteiger partial charge is 0.146 e. The first-order valence-corrected chi connectivity index (χ1v) is 4.84. The fourth-order valence-electron chi connectivity index (χ4n) is 0.870. The van der Waals surface area contributed by atoms with Gasteiger partial charge in [0.25, 0.3) is 0 Å². The summed E-state index contributed by atoms with van der Waals surface area (Å²) in [6, 6.07) is 0. The van der Waals surface area contributed by atoms with Gasteiger partial charge in [-0.3, -0.25) is 0 Å². The van der Waals surface area contributed by atoms with Gasteiger partial charge in [-0.05, 0) is 0 Å². The van der Waals surface area contributed by atoms with E-state index >= 15 is 0 Å². The zero-order valence-corrected chi connectivity index (χ0v) is 8.51. The summed E-state index contributed by atoms with van der Waals surface area (Å²) in [5.74, 6) is 0. The number of rotatable bonds is 2. The summed E-state index contributed by atoms with van der Waals surface area (Å²) >= 11 is 22.9. The Morgan fingerprint density at radius 3 is 1.36 bits per heavy atom. The molecule has 2 fully saturated rings. The van der Waals surface area contributed by atoms with E-state index in [1.54, 1.807) is 0 Å². The lowest BCUT2D eigenvalue weighted by atomic mass is 10.7. The second-order valence-electron chi connectivity index (χ2n) is 3.04. The average molecular weight is 236 g/mol. The van der Waals surface area contributed by atoms with Crippen molar-refractivity contribution < 1.29 is 4.74 Å². The van der Waals surface area contributed by atoms with Gasteiger partial charge < -0.3 is 4.74 Å². The van der Waals surface area contributed by atoms with Gasteiger partial charge in [0.1, 0.15) is 8.67 Å². The predicted molar refractivity (Wildman–Crippen MR) is 46.8 cm³/mol. The molecule has 64 valence electrons. The molecular weight excluding hydrogens is 230 g/mol. The predicted octanol–water partition coefficient (Wildman–Crippen LogP) is 2.90. The van der Waals surface area contributed by atoms with E-state index in [1.807, 2.05) is 0 Å².